The molecule has 2 aromatic rings. The van der Waals surface area contributed by atoms with Gasteiger partial charge in [0.1, 0.15) is 5.75 Å². The number of methoxy groups -OCH3 is 1. The SMILES string of the molecule is CCCNC(C)/C(C)=C/c1c(OC)ccc2ccccc12. The van der Waals surface area contributed by atoms with Gasteiger partial charge >= 0.3 is 0 Å². The van der Waals surface area contributed by atoms with Crippen molar-refractivity contribution in [3.63, 3.8) is 0 Å². The van der Waals surface area contributed by atoms with Crippen molar-refractivity contribution in [2.45, 2.75) is 33.2 Å². The molecule has 0 radical (unpaired) electrons. The molecular weight excluding hydrogens is 258 g/mol. The molecule has 1 unspecified atom stereocenters. The number of hydrogen-bond acceptors (Lipinski definition) is 2. The molecule has 112 valence electrons. The Morgan fingerprint density at radius 1 is 1.24 bits per heavy atom. The molecule has 1 N–H and O–H groups in total. The van der Waals surface area contributed by atoms with Gasteiger partial charge in [0.05, 0.1) is 7.11 Å². The highest BCUT2D eigenvalue weighted by Crippen LogP contribution is 2.30. The molecule has 0 fully saturated rings. The topological polar surface area (TPSA) is 21.3 Å². The van der Waals surface area contributed by atoms with E-state index in [1.54, 1.807) is 7.11 Å². The molecule has 0 aliphatic heterocycles. The maximum atomic E-state index is 5.55. The predicted molar refractivity (Wildman–Crippen MR) is 91.9 cm³/mol. The van der Waals surface area contributed by atoms with E-state index in [1.165, 1.54) is 21.9 Å². The van der Waals surface area contributed by atoms with Crippen LogP contribution in [0.25, 0.3) is 16.8 Å². The Kier molecular flexibility index (Phi) is 5.40. The minimum absolute atomic E-state index is 0.369. The number of nitrogens with one attached hydrogen (secondary N) is 1. The fourth-order valence-corrected chi connectivity index (χ4v) is 2.48. The van der Waals surface area contributed by atoms with E-state index in [4.69, 9.17) is 4.74 Å². The zero-order chi connectivity index (χ0) is 15.2. The van der Waals surface area contributed by atoms with Crippen LogP contribution in [0.3, 0.4) is 0 Å². The van der Waals surface area contributed by atoms with E-state index in [0.717, 1.165) is 18.7 Å². The first-order valence-corrected chi connectivity index (χ1v) is 7.64. The Balaban J connectivity index is 2.44. The summed E-state index contributed by atoms with van der Waals surface area (Å²) in [6.07, 6.45) is 3.39. The van der Waals surface area contributed by atoms with E-state index < -0.39 is 0 Å². The van der Waals surface area contributed by atoms with Crippen LogP contribution in [0.15, 0.2) is 42.0 Å². The summed E-state index contributed by atoms with van der Waals surface area (Å²) >= 11 is 0. The lowest BCUT2D eigenvalue weighted by Gasteiger charge is -2.16. The quantitative estimate of drug-likeness (QED) is 0.834. The summed E-state index contributed by atoms with van der Waals surface area (Å²) in [7, 11) is 1.73. The first kappa shape index (κ1) is 15.6. The third kappa shape index (κ3) is 3.64. The molecule has 2 nitrogen and oxygen atoms in total. The smallest absolute Gasteiger partial charge is 0.126 e. The van der Waals surface area contributed by atoms with E-state index in [1.807, 2.05) is 6.07 Å². The molecule has 0 spiro atoms. The van der Waals surface area contributed by atoms with Crippen molar-refractivity contribution in [2.24, 2.45) is 0 Å². The number of benzene rings is 2. The molecule has 2 heteroatoms. The van der Waals surface area contributed by atoms with Crippen LogP contribution in [0.4, 0.5) is 0 Å². The zero-order valence-corrected chi connectivity index (χ0v) is 13.4. The van der Waals surface area contributed by atoms with Gasteiger partial charge in [0.15, 0.2) is 0 Å². The number of hydrogen-bond donors (Lipinski definition) is 1. The molecule has 0 heterocycles. The van der Waals surface area contributed by atoms with E-state index >= 15 is 0 Å². The molecule has 0 amide bonds. The third-order valence-electron chi connectivity index (χ3n) is 3.91. The summed E-state index contributed by atoms with van der Waals surface area (Å²) in [6.45, 7) is 7.61. The summed E-state index contributed by atoms with van der Waals surface area (Å²) in [5, 5.41) is 6.01. The molecule has 0 aliphatic rings. The Hall–Kier alpha value is -1.80. The van der Waals surface area contributed by atoms with Crippen LogP contribution in [0, 0.1) is 0 Å². The molecule has 0 aromatic heterocycles. The van der Waals surface area contributed by atoms with Gasteiger partial charge in [-0.15, -0.1) is 0 Å². The number of rotatable bonds is 6. The highest BCUT2D eigenvalue weighted by Gasteiger charge is 2.09. The van der Waals surface area contributed by atoms with Crippen molar-refractivity contribution in [3.8, 4) is 5.75 Å². The Morgan fingerprint density at radius 3 is 2.71 bits per heavy atom. The predicted octanol–water partition coefficient (Wildman–Crippen LogP) is 4.64. The Morgan fingerprint density at radius 2 is 2.00 bits per heavy atom. The van der Waals surface area contributed by atoms with Crippen LogP contribution in [0.5, 0.6) is 5.75 Å². The lowest BCUT2D eigenvalue weighted by molar-refractivity contribution is 0.414. The van der Waals surface area contributed by atoms with Gasteiger partial charge in [-0.05, 0) is 43.7 Å². The van der Waals surface area contributed by atoms with Gasteiger partial charge in [-0.2, -0.15) is 0 Å². The Labute approximate surface area is 127 Å². The summed E-state index contributed by atoms with van der Waals surface area (Å²) in [5.74, 6) is 0.927. The van der Waals surface area contributed by atoms with Crippen LogP contribution in [-0.4, -0.2) is 19.7 Å². The molecule has 2 rings (SSSR count). The van der Waals surface area contributed by atoms with Crippen molar-refractivity contribution in [2.75, 3.05) is 13.7 Å². The summed E-state index contributed by atoms with van der Waals surface area (Å²) in [6, 6.07) is 13.0. The monoisotopic (exact) mass is 283 g/mol. The maximum absolute atomic E-state index is 5.55. The second-order valence-corrected chi connectivity index (χ2v) is 5.47. The van der Waals surface area contributed by atoms with Gasteiger partial charge in [-0.3, -0.25) is 0 Å². The van der Waals surface area contributed by atoms with E-state index in [-0.39, 0.29) is 0 Å². The second kappa shape index (κ2) is 7.28. The van der Waals surface area contributed by atoms with Gasteiger partial charge in [-0.1, -0.05) is 48.9 Å². The van der Waals surface area contributed by atoms with E-state index in [2.05, 4.69) is 62.5 Å². The highest BCUT2D eigenvalue weighted by molar-refractivity contribution is 5.93. The van der Waals surface area contributed by atoms with Crippen LogP contribution in [0.1, 0.15) is 32.8 Å². The van der Waals surface area contributed by atoms with Crippen molar-refractivity contribution < 1.29 is 4.74 Å². The van der Waals surface area contributed by atoms with E-state index in [0.29, 0.717) is 6.04 Å². The molecule has 21 heavy (non-hydrogen) atoms. The number of ether oxygens (including phenoxy) is 1. The molecule has 0 aliphatic carbocycles. The van der Waals surface area contributed by atoms with Gasteiger partial charge < -0.3 is 10.1 Å². The largest absolute Gasteiger partial charge is 0.496 e. The normalized spacial score (nSPS) is 13.4. The molecular formula is C19H25NO. The lowest BCUT2D eigenvalue weighted by Crippen LogP contribution is -2.27. The molecule has 0 saturated carbocycles. The van der Waals surface area contributed by atoms with Crippen LogP contribution < -0.4 is 10.1 Å². The van der Waals surface area contributed by atoms with Gasteiger partial charge in [0.2, 0.25) is 0 Å². The van der Waals surface area contributed by atoms with Crippen molar-refractivity contribution in [3.05, 3.63) is 47.5 Å². The number of fused-ring (bicyclic) bond motifs is 1. The highest BCUT2D eigenvalue weighted by atomic mass is 16.5. The standard InChI is InChI=1S/C19H25NO/c1-5-12-20-15(3)14(2)13-18-17-9-7-6-8-16(17)10-11-19(18)21-4/h6-11,13,15,20H,5,12H2,1-4H3/b14-13+. The van der Waals surface area contributed by atoms with Crippen molar-refractivity contribution in [1.29, 1.82) is 0 Å². The second-order valence-electron chi connectivity index (χ2n) is 5.47. The maximum Gasteiger partial charge on any atom is 0.126 e. The average molecular weight is 283 g/mol. The van der Waals surface area contributed by atoms with Crippen LogP contribution in [-0.2, 0) is 0 Å². The summed E-state index contributed by atoms with van der Waals surface area (Å²) in [4.78, 5) is 0. The van der Waals surface area contributed by atoms with Crippen molar-refractivity contribution >= 4 is 16.8 Å². The van der Waals surface area contributed by atoms with Gasteiger partial charge in [0, 0.05) is 11.6 Å². The first-order chi connectivity index (χ1) is 10.2. The first-order valence-electron chi connectivity index (χ1n) is 7.64. The Bertz CT molecular complexity index is 630. The molecule has 1 atom stereocenters. The van der Waals surface area contributed by atoms with E-state index in [9.17, 15) is 0 Å². The van der Waals surface area contributed by atoms with Crippen LogP contribution in [0.2, 0.25) is 0 Å². The van der Waals surface area contributed by atoms with Gasteiger partial charge in [0.25, 0.3) is 0 Å². The minimum atomic E-state index is 0.369. The van der Waals surface area contributed by atoms with Gasteiger partial charge in [-0.25, -0.2) is 0 Å². The van der Waals surface area contributed by atoms with Crippen LogP contribution >= 0.6 is 0 Å². The fraction of sp³-hybridized carbons (Fsp3) is 0.368. The lowest BCUT2D eigenvalue weighted by atomic mass is 9.99. The molecule has 2 aromatic carbocycles. The third-order valence-corrected chi connectivity index (χ3v) is 3.91. The van der Waals surface area contributed by atoms with Crippen molar-refractivity contribution in [1.82, 2.24) is 5.32 Å². The minimum Gasteiger partial charge on any atom is -0.496 e. The average Bonchev–Trinajstić information content (AvgIpc) is 2.52. The molecule has 0 saturated heterocycles. The summed E-state index contributed by atoms with van der Waals surface area (Å²) < 4.78 is 5.55. The molecule has 0 bridgehead atoms. The fourth-order valence-electron chi connectivity index (χ4n) is 2.48. The zero-order valence-electron chi connectivity index (χ0n) is 13.4. The summed E-state index contributed by atoms with van der Waals surface area (Å²) in [5.41, 5.74) is 2.48.